The molecule has 4 nitrogen and oxygen atoms in total. The maximum Gasteiger partial charge on any atom is 0.343 e. The summed E-state index contributed by atoms with van der Waals surface area (Å²) in [6.45, 7) is 2.83. The van der Waals surface area contributed by atoms with Crippen molar-refractivity contribution in [2.75, 3.05) is 6.61 Å². The third-order valence-corrected chi connectivity index (χ3v) is 3.97. The highest BCUT2D eigenvalue weighted by Crippen LogP contribution is 2.38. The van der Waals surface area contributed by atoms with Crippen LogP contribution < -0.4 is 5.43 Å². The van der Waals surface area contributed by atoms with Crippen molar-refractivity contribution in [1.29, 1.82) is 0 Å². The first kappa shape index (κ1) is 15.6. The van der Waals surface area contributed by atoms with Gasteiger partial charge in [0.1, 0.15) is 5.56 Å². The Morgan fingerprint density at radius 3 is 2.48 bits per heavy atom. The number of aromatic nitrogens is 1. The zero-order chi connectivity index (χ0) is 16.9. The number of esters is 1. The lowest BCUT2D eigenvalue weighted by Crippen LogP contribution is -2.23. The van der Waals surface area contributed by atoms with E-state index in [-0.39, 0.29) is 34.7 Å². The van der Waals surface area contributed by atoms with Crippen molar-refractivity contribution >= 4 is 16.9 Å². The van der Waals surface area contributed by atoms with Crippen molar-refractivity contribution in [3.8, 4) is 0 Å². The van der Waals surface area contributed by atoms with Crippen LogP contribution in [-0.2, 0) is 4.74 Å². The monoisotopic (exact) mass is 325 g/mol. The normalized spacial score (nSPS) is 14.3. The molecule has 1 aliphatic carbocycles. The van der Waals surface area contributed by atoms with Gasteiger partial charge in [0, 0.05) is 17.8 Å². The van der Waals surface area contributed by atoms with Gasteiger partial charge in [0.2, 0.25) is 5.43 Å². The first-order chi connectivity index (χ1) is 10.9. The number of ether oxygens (including phenoxy) is 1. The van der Waals surface area contributed by atoms with E-state index in [0.717, 1.165) is 0 Å². The second kappa shape index (κ2) is 5.40. The van der Waals surface area contributed by atoms with Gasteiger partial charge in [-0.15, -0.1) is 0 Å². The van der Waals surface area contributed by atoms with Crippen molar-refractivity contribution < 1.29 is 22.7 Å². The summed E-state index contributed by atoms with van der Waals surface area (Å²) >= 11 is 0. The molecule has 1 fully saturated rings. The lowest BCUT2D eigenvalue weighted by Gasteiger charge is -2.15. The van der Waals surface area contributed by atoms with Crippen molar-refractivity contribution in [2.24, 2.45) is 0 Å². The number of nitrogens with zero attached hydrogens (tertiary/aromatic N) is 1. The van der Waals surface area contributed by atoms with Crippen LogP contribution in [0.5, 0.6) is 0 Å². The highest BCUT2D eigenvalue weighted by atomic mass is 19.2. The van der Waals surface area contributed by atoms with Crippen molar-refractivity contribution in [1.82, 2.24) is 4.57 Å². The maximum atomic E-state index is 14.3. The Morgan fingerprint density at radius 2 is 1.91 bits per heavy atom. The van der Waals surface area contributed by atoms with Crippen LogP contribution in [0.25, 0.3) is 10.9 Å². The fourth-order valence-corrected chi connectivity index (χ4v) is 2.67. The molecular formula is C16H14F3NO3. The minimum Gasteiger partial charge on any atom is -0.462 e. The van der Waals surface area contributed by atoms with Crippen LogP contribution in [0.4, 0.5) is 13.2 Å². The molecule has 0 saturated heterocycles. The van der Waals surface area contributed by atoms with E-state index in [1.54, 1.807) is 6.92 Å². The van der Waals surface area contributed by atoms with Gasteiger partial charge in [0.05, 0.1) is 17.5 Å². The van der Waals surface area contributed by atoms with Crippen LogP contribution in [0.2, 0.25) is 0 Å². The molecular weight excluding hydrogens is 311 g/mol. The molecule has 1 aliphatic rings. The van der Waals surface area contributed by atoms with Gasteiger partial charge < -0.3 is 9.30 Å². The van der Waals surface area contributed by atoms with Crippen LogP contribution >= 0.6 is 0 Å². The van der Waals surface area contributed by atoms with Gasteiger partial charge in [0.15, 0.2) is 17.5 Å². The predicted octanol–water partition coefficient (Wildman–Crippen LogP) is 3.24. The van der Waals surface area contributed by atoms with Crippen molar-refractivity contribution in [3.05, 3.63) is 45.0 Å². The van der Waals surface area contributed by atoms with E-state index in [9.17, 15) is 22.8 Å². The maximum absolute atomic E-state index is 14.3. The van der Waals surface area contributed by atoms with Gasteiger partial charge >= 0.3 is 5.97 Å². The molecule has 0 radical (unpaired) electrons. The Hall–Kier alpha value is -2.31. The van der Waals surface area contributed by atoms with Crippen LogP contribution in [0.15, 0.2) is 11.0 Å². The molecule has 23 heavy (non-hydrogen) atoms. The van der Waals surface area contributed by atoms with E-state index in [2.05, 4.69) is 0 Å². The lowest BCUT2D eigenvalue weighted by atomic mass is 10.0. The second-order valence-corrected chi connectivity index (χ2v) is 5.52. The number of rotatable bonds is 3. The number of halogens is 3. The number of pyridine rings is 1. The number of hydrogen-bond donors (Lipinski definition) is 0. The Bertz CT molecular complexity index is 885. The highest BCUT2D eigenvalue weighted by molar-refractivity contribution is 5.95. The zero-order valence-corrected chi connectivity index (χ0v) is 12.6. The molecule has 0 N–H and O–H groups in total. The van der Waals surface area contributed by atoms with E-state index in [1.165, 1.54) is 17.7 Å². The average molecular weight is 325 g/mol. The molecule has 0 atom stereocenters. The minimum absolute atomic E-state index is 0.0604. The van der Waals surface area contributed by atoms with E-state index >= 15 is 0 Å². The standard InChI is InChI=1S/C16H14F3NO3/c1-3-23-16(22)9-6-20(8-4-5-8)14-10(15(9)21)7(2)11(17)12(18)13(14)19/h6,8H,3-5H2,1-2H3. The highest BCUT2D eigenvalue weighted by Gasteiger charge is 2.31. The quantitative estimate of drug-likeness (QED) is 0.643. The van der Waals surface area contributed by atoms with Gasteiger partial charge in [-0.2, -0.15) is 0 Å². The topological polar surface area (TPSA) is 48.3 Å². The van der Waals surface area contributed by atoms with Gasteiger partial charge in [0.25, 0.3) is 0 Å². The molecule has 0 spiro atoms. The summed E-state index contributed by atoms with van der Waals surface area (Å²) in [5, 5.41) is -0.321. The summed E-state index contributed by atoms with van der Waals surface area (Å²) < 4.78 is 48.0. The summed E-state index contributed by atoms with van der Waals surface area (Å²) in [7, 11) is 0. The Morgan fingerprint density at radius 1 is 1.26 bits per heavy atom. The molecule has 0 bridgehead atoms. The smallest absolute Gasteiger partial charge is 0.343 e. The summed E-state index contributed by atoms with van der Waals surface area (Å²) in [6.07, 6.45) is 2.59. The number of fused-ring (bicyclic) bond motifs is 1. The summed E-state index contributed by atoms with van der Waals surface area (Å²) in [6, 6.07) is -0.148. The van der Waals surface area contributed by atoms with E-state index in [4.69, 9.17) is 4.74 Å². The third-order valence-electron chi connectivity index (χ3n) is 3.97. The van der Waals surface area contributed by atoms with Crippen LogP contribution in [0.3, 0.4) is 0 Å². The molecule has 0 unspecified atom stereocenters. The molecule has 3 rings (SSSR count). The van der Waals surface area contributed by atoms with E-state index in [1.807, 2.05) is 0 Å². The van der Waals surface area contributed by atoms with Gasteiger partial charge in [-0.3, -0.25) is 4.79 Å². The van der Waals surface area contributed by atoms with Crippen molar-refractivity contribution in [3.63, 3.8) is 0 Å². The molecule has 0 aliphatic heterocycles. The third kappa shape index (κ3) is 2.31. The zero-order valence-electron chi connectivity index (χ0n) is 12.6. The molecule has 122 valence electrons. The number of aryl methyl sites for hydroxylation is 1. The largest absolute Gasteiger partial charge is 0.462 e. The van der Waals surface area contributed by atoms with Crippen LogP contribution in [0.1, 0.15) is 41.7 Å². The molecule has 1 saturated carbocycles. The Balaban J connectivity index is 2.46. The number of carbonyl (C=O) groups is 1. The van der Waals surface area contributed by atoms with Gasteiger partial charge in [-0.1, -0.05) is 0 Å². The fraction of sp³-hybridized carbons (Fsp3) is 0.375. The van der Waals surface area contributed by atoms with Gasteiger partial charge in [-0.25, -0.2) is 18.0 Å². The molecule has 1 aromatic carbocycles. The predicted molar refractivity (Wildman–Crippen MR) is 77.0 cm³/mol. The van der Waals surface area contributed by atoms with E-state index < -0.39 is 28.8 Å². The molecule has 1 aromatic heterocycles. The number of benzene rings is 1. The second-order valence-electron chi connectivity index (χ2n) is 5.52. The first-order valence-corrected chi connectivity index (χ1v) is 7.27. The number of hydrogen-bond acceptors (Lipinski definition) is 3. The molecule has 7 heteroatoms. The Kier molecular flexibility index (Phi) is 3.66. The average Bonchev–Trinajstić information content (AvgIpc) is 3.35. The van der Waals surface area contributed by atoms with Crippen LogP contribution in [0, 0.1) is 24.4 Å². The summed E-state index contributed by atoms with van der Waals surface area (Å²) in [5.74, 6) is -5.32. The first-order valence-electron chi connectivity index (χ1n) is 7.27. The van der Waals surface area contributed by atoms with Crippen molar-refractivity contribution in [2.45, 2.75) is 32.7 Å². The van der Waals surface area contributed by atoms with Gasteiger partial charge in [-0.05, 0) is 26.7 Å². The summed E-state index contributed by atoms with van der Waals surface area (Å²) in [4.78, 5) is 24.5. The minimum atomic E-state index is -1.62. The lowest BCUT2D eigenvalue weighted by molar-refractivity contribution is 0.0524. The van der Waals surface area contributed by atoms with Crippen LogP contribution in [-0.4, -0.2) is 17.1 Å². The number of carbonyl (C=O) groups excluding carboxylic acids is 1. The summed E-state index contributed by atoms with van der Waals surface area (Å²) in [5.41, 5.74) is -1.78. The van der Waals surface area contributed by atoms with E-state index in [0.29, 0.717) is 12.8 Å². The molecule has 0 amide bonds. The molecule has 2 aromatic rings. The Labute approximate surface area is 129 Å². The fourth-order valence-electron chi connectivity index (χ4n) is 2.67. The molecule has 1 heterocycles. The SMILES string of the molecule is CCOC(=O)c1cn(C2CC2)c2c(F)c(F)c(F)c(C)c2c1=O.